The normalized spacial score (nSPS) is 16.2. The number of amides is 4. The first-order chi connectivity index (χ1) is 43.8. The van der Waals surface area contributed by atoms with Crippen LogP contribution in [0.25, 0.3) is 33.4 Å². The van der Waals surface area contributed by atoms with Crippen LogP contribution >= 0.6 is 0 Å². The standard InChI is InChI=1S/C32H34N6O8.C26H26N6O5.C6H8O3/c1-19-17-36(12-13-37(19)29(41)20-8-6-5-7-9-20)30(42)27(40)22-15-33-26-25(22)23(45-4)16-34-28(26)38-11-10-21(35-38)18-46-24(39)14-32(2,3)31(43)44;1-16-14-30(10-11-31(16)25(35)17-6-4-3-5-7-17)26(36)23(34)19-12-27-22-21(19)20(37-2)13-28-24(22)32-9-8-18(15-33)29-32;1-6(2)3-4(7)9-5(6)8/h5-11,15-16,19,33H,12-14,17-18H2,1-4H3,(H,43,44);3-9,12-13,16,27,33H,10-11,14-15H2,1-2H3;3H2,1-2H3/t19-;16-;/m11./s1. The zero-order chi connectivity index (χ0) is 66.3. The van der Waals surface area contributed by atoms with Crippen LogP contribution in [0.2, 0.25) is 0 Å². The first-order valence-corrected chi connectivity index (χ1v) is 29.2. The van der Waals surface area contributed by atoms with Crippen molar-refractivity contribution in [3.8, 4) is 23.1 Å². The molecule has 0 unspecified atom stereocenters. The van der Waals surface area contributed by atoms with E-state index in [0.29, 0.717) is 68.3 Å². The third kappa shape index (κ3) is 13.9. The van der Waals surface area contributed by atoms with E-state index >= 15 is 0 Å². The molecule has 9 heterocycles. The number of aliphatic hydroxyl groups is 1. The van der Waals surface area contributed by atoms with Gasteiger partial charge in [-0.25, -0.2) is 19.3 Å². The average molecular weight is 1260 g/mol. The molecule has 28 nitrogen and oxygen atoms in total. The van der Waals surface area contributed by atoms with Gasteiger partial charge in [-0.2, -0.15) is 10.2 Å². The summed E-state index contributed by atoms with van der Waals surface area (Å²) >= 11 is 0. The van der Waals surface area contributed by atoms with Gasteiger partial charge in [-0.05, 0) is 77.9 Å². The van der Waals surface area contributed by atoms with Crippen molar-refractivity contribution in [3.05, 3.63) is 144 Å². The summed E-state index contributed by atoms with van der Waals surface area (Å²) in [7, 11) is 2.89. The van der Waals surface area contributed by atoms with E-state index in [1.165, 1.54) is 72.0 Å². The number of rotatable bonds is 16. The van der Waals surface area contributed by atoms with E-state index in [-0.39, 0.29) is 99.6 Å². The highest BCUT2D eigenvalue weighted by Gasteiger charge is 2.41. The van der Waals surface area contributed by atoms with Gasteiger partial charge in [0.2, 0.25) is 0 Å². The largest absolute Gasteiger partial charge is 0.494 e. The van der Waals surface area contributed by atoms with E-state index in [4.69, 9.17) is 14.2 Å². The maximum Gasteiger partial charge on any atom is 0.319 e. The lowest BCUT2D eigenvalue weighted by molar-refractivity contribution is -0.157. The third-order valence-electron chi connectivity index (χ3n) is 15.8. The molecule has 0 spiro atoms. The lowest BCUT2D eigenvalue weighted by atomic mass is 9.90. The first kappa shape index (κ1) is 65.5. The van der Waals surface area contributed by atoms with Gasteiger partial charge >= 0.3 is 23.9 Å². The minimum Gasteiger partial charge on any atom is -0.494 e. The second-order valence-electron chi connectivity index (χ2n) is 23.3. The Morgan fingerprint density at radius 1 is 0.663 bits per heavy atom. The quantitative estimate of drug-likeness (QED) is 0.0420. The number of methoxy groups -OCH3 is 2. The number of pyridine rings is 2. The number of Topliss-reactive ketones (excluding diaryl/α,β-unsaturated/α-hetero) is 2. The zero-order valence-electron chi connectivity index (χ0n) is 51.7. The number of cyclic esters (lactones) is 2. The van der Waals surface area contributed by atoms with Gasteiger partial charge < -0.3 is 58.7 Å². The number of carboxylic acids is 1. The Morgan fingerprint density at radius 2 is 1.11 bits per heavy atom. The number of esters is 3. The molecule has 28 heteroatoms. The Balaban J connectivity index is 0.000000194. The highest BCUT2D eigenvalue weighted by atomic mass is 16.6. The number of nitrogens with one attached hydrogen (secondary N) is 2. The summed E-state index contributed by atoms with van der Waals surface area (Å²) in [6.45, 7) is 11.1. The summed E-state index contributed by atoms with van der Waals surface area (Å²) in [6.07, 6.45) is 8.91. The highest BCUT2D eigenvalue weighted by Crippen LogP contribution is 2.35. The topological polar surface area (TPSA) is 354 Å². The Hall–Kier alpha value is -10.9. The summed E-state index contributed by atoms with van der Waals surface area (Å²) in [5.74, 6) is -4.33. The molecule has 8 aromatic rings. The van der Waals surface area contributed by atoms with Gasteiger partial charge in [0.15, 0.2) is 11.6 Å². The summed E-state index contributed by atoms with van der Waals surface area (Å²) in [5.41, 5.74) is 1.24. The van der Waals surface area contributed by atoms with Crippen LogP contribution in [0.5, 0.6) is 11.5 Å². The summed E-state index contributed by atoms with van der Waals surface area (Å²) in [4.78, 5) is 145. The number of ketones is 2. The van der Waals surface area contributed by atoms with Gasteiger partial charge in [-0.15, -0.1) is 0 Å². The van der Waals surface area contributed by atoms with E-state index < -0.39 is 58.1 Å². The second kappa shape index (κ2) is 27.5. The van der Waals surface area contributed by atoms with Crippen molar-refractivity contribution < 1.29 is 77.1 Å². The number of nitrogens with zero attached hydrogens (tertiary/aromatic N) is 10. The molecule has 2 atom stereocenters. The maximum absolute atomic E-state index is 13.6. The van der Waals surface area contributed by atoms with E-state index in [1.807, 2.05) is 38.1 Å². The Labute approximate surface area is 526 Å². The number of carboxylic acid groups (broad SMARTS) is 1. The van der Waals surface area contributed by atoms with Crippen LogP contribution in [-0.4, -0.2) is 194 Å². The molecular formula is C64H68N12O16. The van der Waals surface area contributed by atoms with E-state index in [0.717, 1.165) is 0 Å². The molecule has 0 saturated carbocycles. The smallest absolute Gasteiger partial charge is 0.319 e. The van der Waals surface area contributed by atoms with Crippen molar-refractivity contribution in [3.63, 3.8) is 0 Å². The summed E-state index contributed by atoms with van der Waals surface area (Å²) in [5, 5.41) is 28.0. The van der Waals surface area contributed by atoms with Crippen LogP contribution in [0.15, 0.2) is 110 Å². The molecule has 3 saturated heterocycles. The molecule has 0 bridgehead atoms. The highest BCUT2D eigenvalue weighted by molar-refractivity contribution is 6.46. The minimum absolute atomic E-state index is 0.0956. The fourth-order valence-corrected chi connectivity index (χ4v) is 10.6. The lowest BCUT2D eigenvalue weighted by Gasteiger charge is -2.39. The number of carbonyl (C=O) groups is 10. The molecule has 480 valence electrons. The van der Waals surface area contributed by atoms with Gasteiger partial charge in [0, 0.05) is 87.3 Å². The lowest BCUT2D eigenvalue weighted by Crippen LogP contribution is -2.56. The Bertz CT molecular complexity index is 4150. The molecule has 6 aromatic heterocycles. The maximum atomic E-state index is 13.6. The van der Waals surface area contributed by atoms with Crippen LogP contribution in [0.3, 0.4) is 0 Å². The molecule has 0 radical (unpaired) electrons. The van der Waals surface area contributed by atoms with Crippen LogP contribution in [-0.2, 0) is 51.5 Å². The first-order valence-electron chi connectivity index (χ1n) is 29.2. The van der Waals surface area contributed by atoms with Crippen LogP contribution in [0, 0.1) is 10.8 Å². The van der Waals surface area contributed by atoms with Gasteiger partial charge in [-0.1, -0.05) is 36.4 Å². The van der Waals surface area contributed by atoms with Gasteiger partial charge in [0.1, 0.15) is 23.8 Å². The zero-order valence-corrected chi connectivity index (χ0v) is 51.7. The van der Waals surface area contributed by atoms with E-state index in [2.05, 4.69) is 34.9 Å². The number of hydrogen-bond acceptors (Lipinski definition) is 19. The van der Waals surface area contributed by atoms with Crippen molar-refractivity contribution in [2.75, 3.05) is 53.5 Å². The van der Waals surface area contributed by atoms with Crippen molar-refractivity contribution >= 4 is 80.9 Å². The number of ether oxygens (including phenoxy) is 4. The van der Waals surface area contributed by atoms with Gasteiger partial charge in [0.25, 0.3) is 35.2 Å². The average Bonchev–Trinajstić information content (AvgIpc) is 1.67. The predicted octanol–water partition coefficient (Wildman–Crippen LogP) is 5.15. The monoisotopic (exact) mass is 1260 g/mol. The summed E-state index contributed by atoms with van der Waals surface area (Å²) in [6, 6.07) is 20.6. The third-order valence-corrected chi connectivity index (χ3v) is 15.8. The molecule has 0 aliphatic carbocycles. The SMILES string of the molecule is CC1(C)CC(=O)OC1=O.COc1cnc(-n2ccc(CO)n2)c2[nH]cc(C(=O)C(=O)N3CCN(C(=O)c4ccccc4)[C@H](C)C3)c12.COc1cnc(-n2ccc(COC(=O)CC(C)(C)C(=O)O)n2)c2[nH]cc(C(=O)C(=O)N3CCN(C(=O)c4ccccc4)[C@H](C)C3)c12. The number of aliphatic hydroxyl groups excluding tert-OH is 1. The number of aromatic nitrogens is 8. The van der Waals surface area contributed by atoms with Crippen molar-refractivity contribution in [2.24, 2.45) is 10.8 Å². The molecule has 3 aliphatic rings. The Kier molecular flexibility index (Phi) is 19.6. The van der Waals surface area contributed by atoms with E-state index in [1.54, 1.807) is 84.6 Å². The minimum atomic E-state index is -1.27. The molecule has 4 N–H and O–H groups in total. The van der Waals surface area contributed by atoms with Crippen LogP contribution < -0.4 is 9.47 Å². The van der Waals surface area contributed by atoms with Crippen LogP contribution in [0.4, 0.5) is 0 Å². The molecule has 4 amide bonds. The number of carbonyl (C=O) groups excluding carboxylic acids is 9. The number of aliphatic carboxylic acids is 1. The molecule has 3 aliphatic heterocycles. The molecule has 11 rings (SSSR count). The van der Waals surface area contributed by atoms with Gasteiger partial charge in [-0.3, -0.25) is 47.9 Å². The number of H-pyrrole nitrogens is 2. The number of benzene rings is 2. The van der Waals surface area contributed by atoms with E-state index in [9.17, 15) is 58.2 Å². The van der Waals surface area contributed by atoms with Crippen molar-refractivity contribution in [1.82, 2.24) is 59.1 Å². The van der Waals surface area contributed by atoms with Crippen molar-refractivity contribution in [2.45, 2.75) is 79.7 Å². The van der Waals surface area contributed by atoms with Gasteiger partial charge in [0.05, 0.1) is 95.5 Å². The predicted molar refractivity (Wildman–Crippen MR) is 326 cm³/mol. The van der Waals surface area contributed by atoms with Crippen LogP contribution in [0.1, 0.15) is 107 Å². The van der Waals surface area contributed by atoms with Crippen molar-refractivity contribution in [1.29, 1.82) is 0 Å². The number of aromatic amines is 2. The fourth-order valence-electron chi connectivity index (χ4n) is 10.6. The second-order valence-corrected chi connectivity index (χ2v) is 23.3. The number of piperazine rings is 2. The molecule has 3 fully saturated rings. The molecule has 2 aromatic carbocycles. The number of hydrogen-bond donors (Lipinski definition) is 4. The molecular weight excluding hydrogens is 1190 g/mol. The Morgan fingerprint density at radius 3 is 1.48 bits per heavy atom. The molecule has 92 heavy (non-hydrogen) atoms. The number of fused-ring (bicyclic) bond motifs is 2. The summed E-state index contributed by atoms with van der Waals surface area (Å²) < 4.78 is 23.3. The fraction of sp³-hybridized carbons (Fsp3) is 0.344.